The number of hydrogen-bond acceptors (Lipinski definition) is 2. The molecule has 0 bridgehead atoms. The molecule has 1 saturated heterocycles. The number of rotatable bonds is 3. The Morgan fingerprint density at radius 3 is 2.78 bits per heavy atom. The average molecular weight is 312 g/mol. The maximum Gasteiger partial charge on any atom is 0.237 e. The van der Waals surface area contributed by atoms with Crippen LogP contribution in [0.4, 0.5) is 0 Å². The van der Waals surface area contributed by atoms with Gasteiger partial charge in [-0.3, -0.25) is 14.5 Å². The lowest BCUT2D eigenvalue weighted by atomic mass is 9.78. The number of likely N-dealkylation sites (tertiary alicyclic amines) is 1. The van der Waals surface area contributed by atoms with E-state index < -0.39 is 0 Å². The fourth-order valence-corrected chi connectivity index (χ4v) is 4.03. The molecule has 0 saturated carbocycles. The molecule has 2 N–H and O–H groups in total. The number of carbonyl (C=O) groups excluding carboxylic acids is 2. The van der Waals surface area contributed by atoms with E-state index in [1.807, 2.05) is 32.3 Å². The summed E-state index contributed by atoms with van der Waals surface area (Å²) in [6.45, 7) is 1.31. The van der Waals surface area contributed by atoms with Gasteiger partial charge in [0.25, 0.3) is 0 Å². The van der Waals surface area contributed by atoms with E-state index in [-0.39, 0.29) is 23.7 Å². The molecule has 2 atom stereocenters. The highest BCUT2D eigenvalue weighted by Crippen LogP contribution is 2.45. The second-order valence-corrected chi connectivity index (χ2v) is 6.97. The van der Waals surface area contributed by atoms with Gasteiger partial charge < -0.3 is 9.88 Å². The number of aryl methyl sites for hydroxylation is 1. The highest BCUT2D eigenvalue weighted by molar-refractivity contribution is 6.10. The summed E-state index contributed by atoms with van der Waals surface area (Å²) >= 11 is 0. The summed E-state index contributed by atoms with van der Waals surface area (Å²) in [4.78, 5) is 31.9. The Bertz CT molecular complexity index is 793. The van der Waals surface area contributed by atoms with E-state index in [9.17, 15) is 9.59 Å². The normalized spacial score (nSPS) is 23.7. The Kier molecular flexibility index (Phi) is 3.27. The molecule has 0 spiro atoms. The number of fused-ring (bicyclic) bond motifs is 5. The Hall–Kier alpha value is -2.14. The number of imide groups is 1. The maximum atomic E-state index is 12.9. The first-order valence-corrected chi connectivity index (χ1v) is 8.31. The van der Waals surface area contributed by atoms with Crippen LogP contribution in [0.15, 0.2) is 24.3 Å². The van der Waals surface area contributed by atoms with Crippen molar-refractivity contribution in [3.8, 4) is 0 Å². The predicted octanol–water partition coefficient (Wildman–Crippen LogP) is 0.327. The van der Waals surface area contributed by atoms with Gasteiger partial charge in [0.2, 0.25) is 11.8 Å². The van der Waals surface area contributed by atoms with Crippen molar-refractivity contribution < 1.29 is 14.5 Å². The number of aromatic nitrogens is 1. The molecule has 1 aliphatic carbocycles. The molecule has 120 valence electrons. The molecule has 5 heteroatoms. The average Bonchev–Trinajstić information content (AvgIpc) is 3.02. The van der Waals surface area contributed by atoms with E-state index in [4.69, 9.17) is 0 Å². The summed E-state index contributed by atoms with van der Waals surface area (Å²) in [5.74, 6) is -0.449. The lowest BCUT2D eigenvalue weighted by Crippen LogP contribution is -3.06. The maximum absolute atomic E-state index is 12.9. The van der Waals surface area contributed by atoms with Crippen molar-refractivity contribution in [2.45, 2.75) is 18.8 Å². The summed E-state index contributed by atoms with van der Waals surface area (Å²) < 4.78 is 0. The van der Waals surface area contributed by atoms with E-state index in [0.717, 1.165) is 41.5 Å². The molecule has 2 aromatic rings. The van der Waals surface area contributed by atoms with Gasteiger partial charge in [-0.15, -0.1) is 0 Å². The third-order valence-corrected chi connectivity index (χ3v) is 5.20. The SMILES string of the molecule is C[NH+](C)CCN1C(=O)[C@H]2CCc3[nH]c4ccccc4c3[C@H]2C1=O. The predicted molar refractivity (Wildman–Crippen MR) is 87.2 cm³/mol. The third kappa shape index (κ3) is 2.10. The second-order valence-electron chi connectivity index (χ2n) is 6.97. The Morgan fingerprint density at radius 2 is 2.00 bits per heavy atom. The summed E-state index contributed by atoms with van der Waals surface area (Å²) in [7, 11) is 4.08. The fraction of sp³-hybridized carbons (Fsp3) is 0.444. The van der Waals surface area contributed by atoms with E-state index in [1.54, 1.807) is 0 Å². The summed E-state index contributed by atoms with van der Waals surface area (Å²) in [6, 6.07) is 8.08. The number of nitrogens with zero attached hydrogens (tertiary/aromatic N) is 1. The highest BCUT2D eigenvalue weighted by Gasteiger charge is 2.51. The van der Waals surface area contributed by atoms with Crippen LogP contribution >= 0.6 is 0 Å². The number of hydrogen-bond donors (Lipinski definition) is 2. The molecular weight excluding hydrogens is 290 g/mol. The lowest BCUT2D eigenvalue weighted by Gasteiger charge is -2.21. The van der Waals surface area contributed by atoms with Crippen LogP contribution in [0.1, 0.15) is 23.6 Å². The van der Waals surface area contributed by atoms with Gasteiger partial charge in [-0.05, 0) is 24.5 Å². The van der Waals surface area contributed by atoms with Crippen molar-refractivity contribution in [3.63, 3.8) is 0 Å². The van der Waals surface area contributed by atoms with Crippen molar-refractivity contribution in [1.29, 1.82) is 0 Å². The molecular formula is C18H22N3O2+. The molecule has 2 amide bonds. The largest absolute Gasteiger partial charge is 0.358 e. The number of likely N-dealkylation sites (N-methyl/N-ethyl adjacent to an activating group) is 1. The van der Waals surface area contributed by atoms with Crippen LogP contribution in [0, 0.1) is 5.92 Å². The van der Waals surface area contributed by atoms with Crippen LogP contribution in [-0.2, 0) is 16.0 Å². The first-order chi connectivity index (χ1) is 11.1. The quantitative estimate of drug-likeness (QED) is 0.803. The van der Waals surface area contributed by atoms with Gasteiger partial charge in [0.1, 0.15) is 0 Å². The number of aromatic amines is 1. The van der Waals surface area contributed by atoms with Crippen molar-refractivity contribution >= 4 is 22.7 Å². The molecule has 1 aromatic carbocycles. The molecule has 1 fully saturated rings. The minimum atomic E-state index is -0.292. The Morgan fingerprint density at radius 1 is 1.22 bits per heavy atom. The molecule has 0 unspecified atom stereocenters. The van der Waals surface area contributed by atoms with Gasteiger partial charge in [0, 0.05) is 16.6 Å². The van der Waals surface area contributed by atoms with Gasteiger partial charge in [-0.1, -0.05) is 18.2 Å². The number of benzene rings is 1. The molecule has 5 nitrogen and oxygen atoms in total. The van der Waals surface area contributed by atoms with Gasteiger partial charge in [0.15, 0.2) is 0 Å². The molecule has 2 heterocycles. The summed E-state index contributed by atoms with van der Waals surface area (Å²) in [5, 5.41) is 1.10. The standard InChI is InChI=1S/C18H21N3O2/c1-20(2)9-10-21-17(22)12-7-8-14-15(16(12)18(21)23)11-5-3-4-6-13(11)19-14/h3-6,12,16,19H,7-10H2,1-2H3/p+1/t12-,16-/m0/s1. The van der Waals surface area contributed by atoms with Crippen LogP contribution in [0.3, 0.4) is 0 Å². The molecule has 1 aromatic heterocycles. The summed E-state index contributed by atoms with van der Waals surface area (Å²) in [6.07, 6.45) is 1.61. The highest BCUT2D eigenvalue weighted by atomic mass is 16.2. The van der Waals surface area contributed by atoms with Crippen molar-refractivity contribution in [2.75, 3.05) is 27.2 Å². The van der Waals surface area contributed by atoms with Crippen LogP contribution < -0.4 is 4.90 Å². The van der Waals surface area contributed by atoms with E-state index in [1.165, 1.54) is 9.80 Å². The van der Waals surface area contributed by atoms with E-state index in [2.05, 4.69) is 11.1 Å². The molecule has 4 rings (SSSR count). The van der Waals surface area contributed by atoms with Gasteiger partial charge in [0.05, 0.1) is 39.0 Å². The van der Waals surface area contributed by atoms with Crippen LogP contribution in [0.25, 0.3) is 10.9 Å². The number of H-pyrrole nitrogens is 1. The fourth-order valence-electron chi connectivity index (χ4n) is 4.03. The third-order valence-electron chi connectivity index (χ3n) is 5.20. The van der Waals surface area contributed by atoms with Gasteiger partial charge in [-0.25, -0.2) is 0 Å². The molecule has 0 radical (unpaired) electrons. The number of nitrogens with one attached hydrogen (secondary N) is 2. The first-order valence-electron chi connectivity index (χ1n) is 8.31. The minimum absolute atomic E-state index is 0.00745. The Balaban J connectivity index is 1.76. The number of quaternary nitrogens is 1. The van der Waals surface area contributed by atoms with Crippen molar-refractivity contribution in [3.05, 3.63) is 35.5 Å². The topological polar surface area (TPSA) is 57.6 Å². The van der Waals surface area contributed by atoms with E-state index >= 15 is 0 Å². The zero-order valence-electron chi connectivity index (χ0n) is 13.6. The molecule has 1 aliphatic heterocycles. The minimum Gasteiger partial charge on any atom is -0.358 e. The Labute approximate surface area is 135 Å². The van der Waals surface area contributed by atoms with E-state index in [0.29, 0.717) is 6.54 Å². The smallest absolute Gasteiger partial charge is 0.237 e. The number of carbonyl (C=O) groups is 2. The molecule has 2 aliphatic rings. The summed E-state index contributed by atoms with van der Waals surface area (Å²) in [5.41, 5.74) is 3.26. The van der Waals surface area contributed by atoms with Gasteiger partial charge in [-0.2, -0.15) is 0 Å². The monoisotopic (exact) mass is 312 g/mol. The molecule has 23 heavy (non-hydrogen) atoms. The zero-order valence-corrected chi connectivity index (χ0v) is 13.6. The lowest BCUT2D eigenvalue weighted by molar-refractivity contribution is -0.857. The number of para-hydroxylation sites is 1. The van der Waals surface area contributed by atoms with Gasteiger partial charge >= 0.3 is 0 Å². The van der Waals surface area contributed by atoms with Crippen molar-refractivity contribution in [2.24, 2.45) is 5.92 Å². The van der Waals surface area contributed by atoms with Crippen LogP contribution in [0.5, 0.6) is 0 Å². The van der Waals surface area contributed by atoms with Crippen LogP contribution in [0.2, 0.25) is 0 Å². The van der Waals surface area contributed by atoms with Crippen molar-refractivity contribution in [1.82, 2.24) is 9.88 Å². The first kappa shape index (κ1) is 14.5. The zero-order chi connectivity index (χ0) is 16.1. The number of amides is 2. The second kappa shape index (κ2) is 5.20. The van der Waals surface area contributed by atoms with Crippen LogP contribution in [-0.4, -0.2) is 48.9 Å².